The standard InChI is InChI=1S/C22H19Cl2NO5S/c1-3-29-22(27)20-16(13-4-7-15(28-2)8-5-13)12-31-21(20)25-19(26)11-30-18-9-6-14(23)10-17(18)24/h4-10,12H,3,11H2,1-2H3,(H,25,26). The molecule has 2 aromatic carbocycles. The highest BCUT2D eigenvalue weighted by molar-refractivity contribution is 7.15. The van der Waals surface area contributed by atoms with Gasteiger partial charge in [-0.2, -0.15) is 0 Å². The van der Waals surface area contributed by atoms with E-state index < -0.39 is 11.9 Å². The van der Waals surface area contributed by atoms with Gasteiger partial charge in [0.2, 0.25) is 0 Å². The maximum absolute atomic E-state index is 12.6. The van der Waals surface area contributed by atoms with Crippen molar-refractivity contribution in [1.82, 2.24) is 0 Å². The van der Waals surface area contributed by atoms with Crippen molar-refractivity contribution in [3.63, 3.8) is 0 Å². The number of nitrogens with one attached hydrogen (secondary N) is 1. The Hall–Kier alpha value is -2.74. The lowest BCUT2D eigenvalue weighted by Crippen LogP contribution is -2.21. The van der Waals surface area contributed by atoms with Crippen molar-refractivity contribution in [1.29, 1.82) is 0 Å². The Balaban J connectivity index is 1.80. The molecule has 9 heteroatoms. The maximum Gasteiger partial charge on any atom is 0.341 e. The van der Waals surface area contributed by atoms with Gasteiger partial charge in [-0.25, -0.2) is 4.79 Å². The smallest absolute Gasteiger partial charge is 0.341 e. The molecular weight excluding hydrogens is 461 g/mol. The van der Waals surface area contributed by atoms with Crippen molar-refractivity contribution in [3.05, 3.63) is 63.5 Å². The van der Waals surface area contributed by atoms with Gasteiger partial charge in [-0.3, -0.25) is 4.79 Å². The van der Waals surface area contributed by atoms with Crippen LogP contribution in [0.25, 0.3) is 11.1 Å². The average molecular weight is 480 g/mol. The molecule has 1 aromatic heterocycles. The second-order valence-corrected chi connectivity index (χ2v) is 7.94. The van der Waals surface area contributed by atoms with E-state index in [9.17, 15) is 9.59 Å². The first kappa shape index (κ1) is 22.9. The number of amides is 1. The summed E-state index contributed by atoms with van der Waals surface area (Å²) >= 11 is 13.1. The molecule has 3 rings (SSSR count). The fourth-order valence-electron chi connectivity index (χ4n) is 2.74. The number of thiophene rings is 1. The normalized spacial score (nSPS) is 10.5. The fourth-order valence-corrected chi connectivity index (χ4v) is 4.17. The lowest BCUT2D eigenvalue weighted by Gasteiger charge is -2.10. The Morgan fingerprint density at radius 3 is 2.48 bits per heavy atom. The Kier molecular flexibility index (Phi) is 7.79. The topological polar surface area (TPSA) is 73.9 Å². The molecule has 31 heavy (non-hydrogen) atoms. The number of anilines is 1. The summed E-state index contributed by atoms with van der Waals surface area (Å²) < 4.78 is 15.8. The molecule has 1 amide bonds. The third-order valence-electron chi connectivity index (χ3n) is 4.18. The number of rotatable bonds is 8. The van der Waals surface area contributed by atoms with Crippen molar-refractivity contribution in [2.45, 2.75) is 6.92 Å². The molecule has 0 spiro atoms. The van der Waals surface area contributed by atoms with Crippen LogP contribution in [0.1, 0.15) is 17.3 Å². The molecule has 0 atom stereocenters. The molecular formula is C22H19Cl2NO5S. The second-order valence-electron chi connectivity index (χ2n) is 6.21. The number of carbonyl (C=O) groups excluding carboxylic acids is 2. The van der Waals surface area contributed by atoms with Gasteiger partial charge in [-0.05, 0) is 42.8 Å². The van der Waals surface area contributed by atoms with Crippen LogP contribution in [0.4, 0.5) is 5.00 Å². The number of benzene rings is 2. The molecule has 0 saturated carbocycles. The van der Waals surface area contributed by atoms with Crippen LogP contribution in [-0.4, -0.2) is 32.2 Å². The van der Waals surface area contributed by atoms with Crippen molar-refractivity contribution < 1.29 is 23.8 Å². The molecule has 0 saturated heterocycles. The number of esters is 1. The number of methoxy groups -OCH3 is 1. The van der Waals surface area contributed by atoms with Crippen molar-refractivity contribution in [2.75, 3.05) is 25.6 Å². The zero-order valence-corrected chi connectivity index (χ0v) is 19.1. The second kappa shape index (κ2) is 10.5. The lowest BCUT2D eigenvalue weighted by molar-refractivity contribution is -0.118. The van der Waals surface area contributed by atoms with Gasteiger partial charge in [0.1, 0.15) is 22.1 Å². The van der Waals surface area contributed by atoms with Crippen LogP contribution in [0.5, 0.6) is 11.5 Å². The third kappa shape index (κ3) is 5.70. The van der Waals surface area contributed by atoms with Gasteiger partial charge in [-0.1, -0.05) is 35.3 Å². The summed E-state index contributed by atoms with van der Waals surface area (Å²) in [5.74, 6) is 0.0614. The summed E-state index contributed by atoms with van der Waals surface area (Å²) in [7, 11) is 1.58. The van der Waals surface area contributed by atoms with E-state index in [1.807, 2.05) is 12.1 Å². The van der Waals surface area contributed by atoms with Gasteiger partial charge in [0, 0.05) is 16.0 Å². The molecule has 0 radical (unpaired) electrons. The SMILES string of the molecule is CCOC(=O)c1c(-c2ccc(OC)cc2)csc1NC(=O)COc1ccc(Cl)cc1Cl. The van der Waals surface area contributed by atoms with Crippen LogP contribution >= 0.6 is 34.5 Å². The summed E-state index contributed by atoms with van der Waals surface area (Å²) in [5.41, 5.74) is 1.74. The number of halogens is 2. The van der Waals surface area contributed by atoms with E-state index >= 15 is 0 Å². The Bertz CT molecular complexity index is 1080. The average Bonchev–Trinajstić information content (AvgIpc) is 3.17. The highest BCUT2D eigenvalue weighted by Gasteiger charge is 2.23. The lowest BCUT2D eigenvalue weighted by atomic mass is 10.0. The number of hydrogen-bond acceptors (Lipinski definition) is 6. The highest BCUT2D eigenvalue weighted by atomic mass is 35.5. The highest BCUT2D eigenvalue weighted by Crippen LogP contribution is 2.37. The van der Waals surface area contributed by atoms with Crippen LogP contribution in [0, 0.1) is 0 Å². The van der Waals surface area contributed by atoms with E-state index in [4.69, 9.17) is 37.4 Å². The number of carbonyl (C=O) groups is 2. The Morgan fingerprint density at radius 1 is 1.10 bits per heavy atom. The van der Waals surface area contributed by atoms with Gasteiger partial charge in [-0.15, -0.1) is 11.3 Å². The zero-order chi connectivity index (χ0) is 22.4. The molecule has 162 valence electrons. The van der Waals surface area contributed by atoms with Gasteiger partial charge in [0.15, 0.2) is 6.61 Å². The third-order valence-corrected chi connectivity index (χ3v) is 5.60. The van der Waals surface area contributed by atoms with Crippen LogP contribution in [-0.2, 0) is 9.53 Å². The molecule has 3 aromatic rings. The molecule has 0 aliphatic heterocycles. The van der Waals surface area contributed by atoms with E-state index in [1.54, 1.807) is 43.7 Å². The van der Waals surface area contributed by atoms with Crippen molar-refractivity contribution in [2.24, 2.45) is 0 Å². The van der Waals surface area contributed by atoms with E-state index in [2.05, 4.69) is 5.32 Å². The van der Waals surface area contributed by atoms with E-state index in [0.717, 1.165) is 5.56 Å². The molecule has 0 aliphatic carbocycles. The zero-order valence-electron chi connectivity index (χ0n) is 16.7. The summed E-state index contributed by atoms with van der Waals surface area (Å²) in [4.78, 5) is 25.1. The minimum atomic E-state index is -0.522. The Morgan fingerprint density at radius 2 is 1.84 bits per heavy atom. The van der Waals surface area contributed by atoms with Crippen LogP contribution in [0.15, 0.2) is 47.8 Å². The van der Waals surface area contributed by atoms with E-state index in [0.29, 0.717) is 32.1 Å². The van der Waals surface area contributed by atoms with E-state index in [-0.39, 0.29) is 18.8 Å². The van der Waals surface area contributed by atoms with E-state index in [1.165, 1.54) is 17.4 Å². The molecule has 1 heterocycles. The summed E-state index contributed by atoms with van der Waals surface area (Å²) in [5, 5.41) is 5.65. The van der Waals surface area contributed by atoms with Crippen molar-refractivity contribution in [3.8, 4) is 22.6 Å². The minimum absolute atomic E-state index is 0.211. The van der Waals surface area contributed by atoms with Crippen molar-refractivity contribution >= 4 is 51.4 Å². The largest absolute Gasteiger partial charge is 0.497 e. The predicted molar refractivity (Wildman–Crippen MR) is 123 cm³/mol. The summed E-state index contributed by atoms with van der Waals surface area (Å²) in [6, 6.07) is 12.0. The predicted octanol–water partition coefficient (Wildman–Crippen LogP) is 5.92. The van der Waals surface area contributed by atoms with Gasteiger partial charge >= 0.3 is 5.97 Å². The molecule has 1 N–H and O–H groups in total. The maximum atomic E-state index is 12.6. The fraction of sp³-hybridized carbons (Fsp3) is 0.182. The van der Waals surface area contributed by atoms with Crippen LogP contribution in [0.2, 0.25) is 10.0 Å². The van der Waals surface area contributed by atoms with Crippen LogP contribution in [0.3, 0.4) is 0 Å². The van der Waals surface area contributed by atoms with Crippen LogP contribution < -0.4 is 14.8 Å². The first-order valence-electron chi connectivity index (χ1n) is 9.23. The first-order valence-corrected chi connectivity index (χ1v) is 10.9. The molecule has 0 fully saturated rings. The van der Waals surface area contributed by atoms with Gasteiger partial charge in [0.05, 0.1) is 18.7 Å². The van der Waals surface area contributed by atoms with Gasteiger partial charge < -0.3 is 19.5 Å². The Labute approximate surface area is 193 Å². The first-order chi connectivity index (χ1) is 14.9. The molecule has 6 nitrogen and oxygen atoms in total. The molecule has 0 unspecified atom stereocenters. The monoisotopic (exact) mass is 479 g/mol. The quantitative estimate of drug-likeness (QED) is 0.405. The summed E-state index contributed by atoms with van der Waals surface area (Å²) in [6.45, 7) is 1.64. The molecule has 0 bridgehead atoms. The number of ether oxygens (including phenoxy) is 3. The molecule has 0 aliphatic rings. The number of hydrogen-bond donors (Lipinski definition) is 1. The summed E-state index contributed by atoms with van der Waals surface area (Å²) in [6.07, 6.45) is 0. The van der Waals surface area contributed by atoms with Gasteiger partial charge in [0.25, 0.3) is 5.91 Å². The minimum Gasteiger partial charge on any atom is -0.497 e.